The molecule has 5 aromatic rings. The fourth-order valence-corrected chi connectivity index (χ4v) is 3.83. The first kappa shape index (κ1) is 24.1. The molecule has 0 atom stereocenters. The van der Waals surface area contributed by atoms with Crippen molar-refractivity contribution in [2.75, 3.05) is 18.5 Å². The van der Waals surface area contributed by atoms with Gasteiger partial charge in [0.15, 0.2) is 5.65 Å². The summed E-state index contributed by atoms with van der Waals surface area (Å²) in [6.45, 7) is 0.450. The summed E-state index contributed by atoms with van der Waals surface area (Å²) in [7, 11) is 0. The maximum atomic E-state index is 13.0. The number of aliphatic hydroxyl groups is 1. The molecule has 0 aliphatic heterocycles. The molecule has 1 aromatic carbocycles. The molecule has 0 spiro atoms. The predicted octanol–water partition coefficient (Wildman–Crippen LogP) is 3.51. The second kappa shape index (κ2) is 9.82. The maximum Gasteiger partial charge on any atom is 0.416 e. The third-order valence-corrected chi connectivity index (χ3v) is 5.59. The molecular weight excluding hydrogens is 487 g/mol. The van der Waals surface area contributed by atoms with E-state index in [0.717, 1.165) is 12.1 Å². The number of anilines is 1. The number of halogens is 3. The molecule has 188 valence electrons. The number of hydrogen-bond acceptors (Lipinski definition) is 7. The number of nitrogens with zero attached hydrogens (tertiary/aromatic N) is 6. The molecule has 0 unspecified atom stereocenters. The molecule has 5 rings (SSSR count). The van der Waals surface area contributed by atoms with Crippen molar-refractivity contribution in [3.63, 3.8) is 0 Å². The van der Waals surface area contributed by atoms with Crippen LogP contribution in [0.15, 0.2) is 78.0 Å². The van der Waals surface area contributed by atoms with Crippen molar-refractivity contribution in [3.8, 4) is 16.9 Å². The number of aliphatic hydroxyl groups excluding tert-OH is 1. The van der Waals surface area contributed by atoms with E-state index in [9.17, 15) is 18.0 Å². The standard InChI is InChI=1S/C25H20F3N7O2/c26-25(27,28)17-3-5-19(6-4-17)35-23-20(2-1-9-29-23)22(33-35)16-8-12-34(21(37)14-16)15-18-7-10-30-24(32-18)31-11-13-36/h1-10,12,14,36H,11,13,15H2,(H,30,31,32). The van der Waals surface area contributed by atoms with Crippen LogP contribution in [-0.2, 0) is 12.7 Å². The number of hydrogen-bond donors (Lipinski definition) is 2. The Morgan fingerprint density at radius 1 is 1.00 bits per heavy atom. The third-order valence-electron chi connectivity index (χ3n) is 5.59. The molecule has 4 aromatic heterocycles. The van der Waals surface area contributed by atoms with Crippen LogP contribution in [-0.4, -0.2) is 47.6 Å². The summed E-state index contributed by atoms with van der Waals surface area (Å²) in [5, 5.41) is 17.1. The van der Waals surface area contributed by atoms with Gasteiger partial charge in [-0.1, -0.05) is 0 Å². The second-order valence-electron chi connectivity index (χ2n) is 8.08. The van der Waals surface area contributed by atoms with E-state index in [4.69, 9.17) is 5.11 Å². The Labute approximate surface area is 207 Å². The van der Waals surface area contributed by atoms with E-state index in [1.807, 2.05) is 0 Å². The lowest BCUT2D eigenvalue weighted by molar-refractivity contribution is -0.137. The molecule has 0 fully saturated rings. The van der Waals surface area contributed by atoms with Gasteiger partial charge in [-0.2, -0.15) is 18.3 Å². The van der Waals surface area contributed by atoms with Crippen LogP contribution in [0.5, 0.6) is 0 Å². The highest BCUT2D eigenvalue weighted by Gasteiger charge is 2.30. The maximum absolute atomic E-state index is 13.0. The van der Waals surface area contributed by atoms with Gasteiger partial charge in [0.1, 0.15) is 5.69 Å². The lowest BCUT2D eigenvalue weighted by atomic mass is 10.1. The fourth-order valence-electron chi connectivity index (χ4n) is 3.83. The number of fused-ring (bicyclic) bond motifs is 1. The van der Waals surface area contributed by atoms with Crippen LogP contribution in [0.3, 0.4) is 0 Å². The number of pyridine rings is 2. The number of nitrogens with one attached hydrogen (secondary N) is 1. The lowest BCUT2D eigenvalue weighted by Crippen LogP contribution is -2.20. The quantitative estimate of drug-likeness (QED) is 0.347. The van der Waals surface area contributed by atoms with Crippen LogP contribution in [0.25, 0.3) is 28.0 Å². The lowest BCUT2D eigenvalue weighted by Gasteiger charge is -2.08. The SMILES string of the molecule is O=c1cc(-c2nn(-c3ccc(C(F)(F)F)cc3)c3ncccc23)ccn1Cc1ccnc(NCCO)n1. The Morgan fingerprint density at radius 3 is 2.54 bits per heavy atom. The van der Waals surface area contributed by atoms with E-state index >= 15 is 0 Å². The van der Waals surface area contributed by atoms with Gasteiger partial charge in [-0.3, -0.25) is 4.79 Å². The zero-order valence-electron chi connectivity index (χ0n) is 19.2. The Kier molecular flexibility index (Phi) is 6.40. The van der Waals surface area contributed by atoms with E-state index < -0.39 is 11.7 Å². The van der Waals surface area contributed by atoms with E-state index in [1.54, 1.807) is 42.9 Å². The highest BCUT2D eigenvalue weighted by atomic mass is 19.4. The first-order chi connectivity index (χ1) is 17.8. The van der Waals surface area contributed by atoms with Gasteiger partial charge in [0.05, 0.1) is 30.1 Å². The molecule has 0 aliphatic carbocycles. The minimum Gasteiger partial charge on any atom is -0.395 e. The highest BCUT2D eigenvalue weighted by Crippen LogP contribution is 2.31. The first-order valence-electron chi connectivity index (χ1n) is 11.2. The van der Waals surface area contributed by atoms with Gasteiger partial charge in [-0.05, 0) is 48.5 Å². The van der Waals surface area contributed by atoms with Gasteiger partial charge >= 0.3 is 6.18 Å². The first-order valence-corrected chi connectivity index (χ1v) is 11.2. The number of benzene rings is 1. The Bertz CT molecular complexity index is 1610. The van der Waals surface area contributed by atoms with Gasteiger partial charge in [0, 0.05) is 42.2 Å². The van der Waals surface area contributed by atoms with Crippen LogP contribution in [0, 0.1) is 0 Å². The van der Waals surface area contributed by atoms with Crippen molar-refractivity contribution >= 4 is 17.0 Å². The number of aromatic nitrogens is 6. The van der Waals surface area contributed by atoms with Crippen LogP contribution < -0.4 is 10.9 Å². The molecule has 0 amide bonds. The Hall–Kier alpha value is -4.58. The van der Waals surface area contributed by atoms with Gasteiger partial charge in [0.25, 0.3) is 5.56 Å². The van der Waals surface area contributed by atoms with Crippen molar-refractivity contribution < 1.29 is 18.3 Å². The summed E-state index contributed by atoms with van der Waals surface area (Å²) in [5.41, 5.74) is 1.43. The number of alkyl halides is 3. The van der Waals surface area contributed by atoms with Crippen molar-refractivity contribution in [2.24, 2.45) is 0 Å². The van der Waals surface area contributed by atoms with Gasteiger partial charge < -0.3 is 15.0 Å². The van der Waals surface area contributed by atoms with Crippen molar-refractivity contribution in [1.82, 2.24) is 29.3 Å². The summed E-state index contributed by atoms with van der Waals surface area (Å²) < 4.78 is 41.9. The Balaban J connectivity index is 1.48. The third kappa shape index (κ3) is 5.05. The van der Waals surface area contributed by atoms with E-state index in [0.29, 0.717) is 46.2 Å². The van der Waals surface area contributed by atoms with E-state index in [-0.39, 0.29) is 18.7 Å². The normalized spacial score (nSPS) is 11.7. The molecule has 0 saturated carbocycles. The monoisotopic (exact) mass is 507 g/mol. The summed E-state index contributed by atoms with van der Waals surface area (Å²) >= 11 is 0. The molecule has 12 heteroatoms. The van der Waals surface area contributed by atoms with Crippen molar-refractivity contribution in [1.29, 1.82) is 0 Å². The molecule has 37 heavy (non-hydrogen) atoms. The predicted molar refractivity (Wildman–Crippen MR) is 130 cm³/mol. The average Bonchev–Trinajstić information content (AvgIpc) is 3.28. The Morgan fingerprint density at radius 2 is 1.81 bits per heavy atom. The van der Waals surface area contributed by atoms with Crippen LogP contribution in [0.1, 0.15) is 11.3 Å². The van der Waals surface area contributed by atoms with Crippen molar-refractivity contribution in [3.05, 3.63) is 94.8 Å². The molecular formula is C25H20F3N7O2. The molecule has 0 saturated heterocycles. The summed E-state index contributed by atoms with van der Waals surface area (Å²) in [4.78, 5) is 25.7. The summed E-state index contributed by atoms with van der Waals surface area (Å²) in [6.07, 6.45) is 0.313. The van der Waals surface area contributed by atoms with Crippen LogP contribution in [0.4, 0.5) is 19.1 Å². The minimum absolute atomic E-state index is 0.0622. The molecule has 9 nitrogen and oxygen atoms in total. The fraction of sp³-hybridized carbons (Fsp3) is 0.160. The zero-order valence-corrected chi connectivity index (χ0v) is 19.2. The largest absolute Gasteiger partial charge is 0.416 e. The zero-order chi connectivity index (χ0) is 26.0. The molecule has 0 radical (unpaired) electrons. The van der Waals surface area contributed by atoms with Crippen molar-refractivity contribution in [2.45, 2.75) is 12.7 Å². The topological polar surface area (TPSA) is 111 Å². The summed E-state index contributed by atoms with van der Waals surface area (Å²) in [5.74, 6) is 0.351. The van der Waals surface area contributed by atoms with Gasteiger partial charge in [0.2, 0.25) is 5.95 Å². The molecule has 2 N–H and O–H groups in total. The van der Waals surface area contributed by atoms with E-state index in [2.05, 4.69) is 25.4 Å². The molecule has 4 heterocycles. The second-order valence-corrected chi connectivity index (χ2v) is 8.08. The van der Waals surface area contributed by atoms with E-state index in [1.165, 1.54) is 27.4 Å². The highest BCUT2D eigenvalue weighted by molar-refractivity contribution is 5.91. The van der Waals surface area contributed by atoms with Crippen LogP contribution >= 0.6 is 0 Å². The van der Waals surface area contributed by atoms with Gasteiger partial charge in [-0.25, -0.2) is 19.6 Å². The number of rotatable bonds is 7. The smallest absolute Gasteiger partial charge is 0.395 e. The molecule has 0 bridgehead atoms. The summed E-state index contributed by atoms with van der Waals surface area (Å²) in [6, 6.07) is 13.0. The average molecular weight is 507 g/mol. The minimum atomic E-state index is -4.44. The molecule has 0 aliphatic rings. The van der Waals surface area contributed by atoms with Gasteiger partial charge in [-0.15, -0.1) is 0 Å². The van der Waals surface area contributed by atoms with Crippen LogP contribution in [0.2, 0.25) is 0 Å².